The number of fused-ring (bicyclic) bond motifs is 1. The van der Waals surface area contributed by atoms with Crippen LogP contribution in [0.1, 0.15) is 52.6 Å². The molecule has 2 aromatic heterocycles. The highest BCUT2D eigenvalue weighted by atomic mass is 32.2. The zero-order chi connectivity index (χ0) is 25.8. The van der Waals surface area contributed by atoms with E-state index < -0.39 is 0 Å². The highest BCUT2D eigenvalue weighted by Crippen LogP contribution is 2.34. The molecule has 0 aliphatic carbocycles. The Balaban J connectivity index is 1.38. The fraction of sp³-hybridized carbons (Fsp3) is 0.129. The normalized spacial score (nSPS) is 11.5. The van der Waals surface area contributed by atoms with Crippen molar-refractivity contribution in [2.24, 2.45) is 0 Å². The second kappa shape index (κ2) is 10.8. The van der Waals surface area contributed by atoms with E-state index in [2.05, 4.69) is 58.6 Å². The van der Waals surface area contributed by atoms with Crippen LogP contribution in [-0.2, 0) is 0 Å². The van der Waals surface area contributed by atoms with Gasteiger partial charge < -0.3 is 5.32 Å². The van der Waals surface area contributed by atoms with Gasteiger partial charge in [-0.2, -0.15) is 5.10 Å². The highest BCUT2D eigenvalue weighted by molar-refractivity contribution is 7.99. The molecule has 5 aromatic rings. The van der Waals surface area contributed by atoms with E-state index in [0.717, 1.165) is 48.9 Å². The molecule has 0 fully saturated rings. The number of nitrogens with one attached hydrogen (secondary N) is 2. The maximum absolute atomic E-state index is 13.4. The number of hydrogen-bond acceptors (Lipinski definition) is 4. The summed E-state index contributed by atoms with van der Waals surface area (Å²) in [7, 11) is 0. The lowest BCUT2D eigenvalue weighted by Crippen LogP contribution is -2.15. The Kier molecular flexibility index (Phi) is 7.19. The Morgan fingerprint density at radius 3 is 2.62 bits per heavy atom. The number of amides is 1. The lowest BCUT2D eigenvalue weighted by Gasteiger charge is -2.17. The number of hydrogen-bond donors (Lipinski definition) is 2. The standard InChI is InChI=1S/C31H28N4OS/c1-20(2)24-12-8-9-21(3)30(24)33-31(36)26-11-4-5-13-29(26)37-23-15-16-25-27(34-35-28(25)19-23)17-14-22-10-6-7-18-32-22/h4-20H,1-3H3,(H,33,36)(H,34,35)/b17-14+. The molecule has 5 nitrogen and oxygen atoms in total. The van der Waals surface area contributed by atoms with E-state index in [4.69, 9.17) is 0 Å². The first kappa shape index (κ1) is 24.5. The minimum absolute atomic E-state index is 0.108. The van der Waals surface area contributed by atoms with Gasteiger partial charge in [-0.1, -0.05) is 62.0 Å². The Morgan fingerprint density at radius 2 is 1.81 bits per heavy atom. The summed E-state index contributed by atoms with van der Waals surface area (Å²) in [5.74, 6) is 0.202. The second-order valence-electron chi connectivity index (χ2n) is 9.15. The van der Waals surface area contributed by atoms with Crippen molar-refractivity contribution in [3.8, 4) is 0 Å². The summed E-state index contributed by atoms with van der Waals surface area (Å²) in [6.07, 6.45) is 5.69. The van der Waals surface area contributed by atoms with Crippen LogP contribution in [0.15, 0.2) is 94.9 Å². The minimum atomic E-state index is -0.108. The zero-order valence-electron chi connectivity index (χ0n) is 21.0. The van der Waals surface area contributed by atoms with E-state index in [1.54, 1.807) is 18.0 Å². The smallest absolute Gasteiger partial charge is 0.256 e. The van der Waals surface area contributed by atoms with Crippen molar-refractivity contribution < 1.29 is 4.79 Å². The number of carbonyl (C=O) groups excluding carboxylic acids is 1. The van der Waals surface area contributed by atoms with Gasteiger partial charge in [0.1, 0.15) is 0 Å². The van der Waals surface area contributed by atoms with Crippen molar-refractivity contribution in [1.29, 1.82) is 0 Å². The summed E-state index contributed by atoms with van der Waals surface area (Å²) >= 11 is 1.57. The fourth-order valence-corrected chi connectivity index (χ4v) is 5.23. The lowest BCUT2D eigenvalue weighted by molar-refractivity contribution is 0.102. The van der Waals surface area contributed by atoms with Crippen molar-refractivity contribution in [1.82, 2.24) is 15.2 Å². The van der Waals surface area contributed by atoms with Crippen LogP contribution in [0.3, 0.4) is 0 Å². The number of nitrogens with zero attached hydrogens (tertiary/aromatic N) is 2. The molecule has 0 atom stereocenters. The summed E-state index contributed by atoms with van der Waals surface area (Å²) in [6.45, 7) is 6.31. The van der Waals surface area contributed by atoms with Crippen molar-refractivity contribution in [3.63, 3.8) is 0 Å². The molecule has 1 amide bonds. The van der Waals surface area contributed by atoms with Gasteiger partial charge in [0.15, 0.2) is 0 Å². The molecule has 184 valence electrons. The third kappa shape index (κ3) is 5.49. The van der Waals surface area contributed by atoms with Crippen molar-refractivity contribution in [2.75, 3.05) is 5.32 Å². The second-order valence-corrected chi connectivity index (χ2v) is 10.3. The summed E-state index contributed by atoms with van der Waals surface area (Å²) in [6, 6.07) is 25.9. The van der Waals surface area contributed by atoms with Gasteiger partial charge in [0, 0.05) is 27.1 Å². The monoisotopic (exact) mass is 504 g/mol. The van der Waals surface area contributed by atoms with E-state index in [0.29, 0.717) is 11.5 Å². The average molecular weight is 505 g/mol. The number of aryl methyl sites for hydroxylation is 1. The molecular formula is C31H28N4OS. The molecule has 3 aromatic carbocycles. The van der Waals surface area contributed by atoms with Gasteiger partial charge in [0.05, 0.1) is 22.5 Å². The van der Waals surface area contributed by atoms with E-state index in [1.165, 1.54) is 0 Å². The number of H-pyrrole nitrogens is 1. The summed E-state index contributed by atoms with van der Waals surface area (Å²) < 4.78 is 0. The predicted molar refractivity (Wildman–Crippen MR) is 153 cm³/mol. The number of aromatic nitrogens is 3. The SMILES string of the molecule is Cc1cccc(C(C)C)c1NC(=O)c1ccccc1Sc1ccc2c(/C=C/c3ccccn3)n[nH]c2c1. The van der Waals surface area contributed by atoms with Crippen LogP contribution >= 0.6 is 11.8 Å². The van der Waals surface area contributed by atoms with Gasteiger partial charge in [-0.3, -0.25) is 14.9 Å². The summed E-state index contributed by atoms with van der Waals surface area (Å²) in [5, 5.41) is 11.8. The van der Waals surface area contributed by atoms with Crippen LogP contribution in [0.2, 0.25) is 0 Å². The number of benzene rings is 3. The summed E-state index contributed by atoms with van der Waals surface area (Å²) in [4.78, 5) is 19.6. The molecular weight excluding hydrogens is 476 g/mol. The average Bonchev–Trinajstić information content (AvgIpc) is 3.31. The molecule has 2 heterocycles. The lowest BCUT2D eigenvalue weighted by atomic mass is 9.98. The van der Waals surface area contributed by atoms with Crippen molar-refractivity contribution in [3.05, 3.63) is 113 Å². The Bertz CT molecular complexity index is 1590. The van der Waals surface area contributed by atoms with E-state index in [1.807, 2.05) is 73.7 Å². The predicted octanol–water partition coefficient (Wildman–Crippen LogP) is 7.96. The molecule has 0 bridgehead atoms. The maximum atomic E-state index is 13.4. The molecule has 2 N–H and O–H groups in total. The summed E-state index contributed by atoms with van der Waals surface area (Å²) in [5.41, 5.74) is 6.41. The van der Waals surface area contributed by atoms with Gasteiger partial charge in [-0.15, -0.1) is 0 Å². The fourth-order valence-electron chi connectivity index (χ4n) is 4.24. The van der Waals surface area contributed by atoms with Gasteiger partial charge in [-0.25, -0.2) is 0 Å². The molecule has 0 saturated carbocycles. The first-order valence-electron chi connectivity index (χ1n) is 12.2. The Labute approximate surface area is 221 Å². The molecule has 0 saturated heterocycles. The van der Waals surface area contributed by atoms with Crippen LogP contribution in [0.25, 0.3) is 23.1 Å². The van der Waals surface area contributed by atoms with E-state index in [-0.39, 0.29) is 5.91 Å². The minimum Gasteiger partial charge on any atom is -0.321 e. The van der Waals surface area contributed by atoms with Crippen LogP contribution in [0.4, 0.5) is 5.69 Å². The van der Waals surface area contributed by atoms with E-state index >= 15 is 0 Å². The first-order chi connectivity index (χ1) is 18.0. The Morgan fingerprint density at radius 1 is 0.973 bits per heavy atom. The van der Waals surface area contributed by atoms with Crippen LogP contribution in [0.5, 0.6) is 0 Å². The maximum Gasteiger partial charge on any atom is 0.256 e. The number of rotatable bonds is 7. The zero-order valence-corrected chi connectivity index (χ0v) is 21.8. The number of para-hydroxylation sites is 1. The van der Waals surface area contributed by atoms with Gasteiger partial charge in [-0.05, 0) is 78.6 Å². The third-order valence-electron chi connectivity index (χ3n) is 6.19. The molecule has 0 radical (unpaired) electrons. The number of anilines is 1. The third-order valence-corrected chi connectivity index (χ3v) is 7.25. The molecule has 0 unspecified atom stereocenters. The molecule has 5 rings (SSSR count). The van der Waals surface area contributed by atoms with Crippen LogP contribution in [0, 0.1) is 6.92 Å². The quantitative estimate of drug-likeness (QED) is 0.236. The molecule has 37 heavy (non-hydrogen) atoms. The number of pyridine rings is 1. The molecule has 0 aliphatic rings. The first-order valence-corrected chi connectivity index (χ1v) is 13.1. The van der Waals surface area contributed by atoms with Crippen LogP contribution in [-0.4, -0.2) is 21.1 Å². The number of aromatic amines is 1. The number of carbonyl (C=O) groups is 1. The van der Waals surface area contributed by atoms with Crippen molar-refractivity contribution in [2.45, 2.75) is 36.5 Å². The molecule has 0 spiro atoms. The van der Waals surface area contributed by atoms with Gasteiger partial charge in [0.2, 0.25) is 0 Å². The molecule has 0 aliphatic heterocycles. The van der Waals surface area contributed by atoms with Crippen LogP contribution < -0.4 is 5.32 Å². The molecule has 6 heteroatoms. The topological polar surface area (TPSA) is 70.7 Å². The van der Waals surface area contributed by atoms with E-state index in [9.17, 15) is 4.79 Å². The van der Waals surface area contributed by atoms with Crippen molar-refractivity contribution >= 4 is 46.4 Å². The van der Waals surface area contributed by atoms with Gasteiger partial charge in [0.25, 0.3) is 5.91 Å². The Hall–Kier alpha value is -4.16. The largest absolute Gasteiger partial charge is 0.321 e. The highest BCUT2D eigenvalue weighted by Gasteiger charge is 2.17. The van der Waals surface area contributed by atoms with Gasteiger partial charge >= 0.3 is 0 Å².